The van der Waals surface area contributed by atoms with Gasteiger partial charge in [0, 0.05) is 11.4 Å². The first-order valence-electron chi connectivity index (χ1n) is 6.30. The van der Waals surface area contributed by atoms with Crippen molar-refractivity contribution in [1.29, 1.82) is 0 Å². The van der Waals surface area contributed by atoms with Gasteiger partial charge < -0.3 is 10.6 Å². The average molecular weight is 332 g/mol. The lowest BCUT2D eigenvalue weighted by atomic mass is 10.2. The van der Waals surface area contributed by atoms with Crippen molar-refractivity contribution in [3.8, 4) is 0 Å². The summed E-state index contributed by atoms with van der Waals surface area (Å²) in [5.74, 6) is -0.929. The Bertz CT molecular complexity index is 641. The molecule has 2 rings (SSSR count). The first-order valence-corrected chi connectivity index (χ1v) is 7.18. The number of alkyl halides is 3. The lowest BCUT2D eigenvalue weighted by molar-refractivity contribution is -0.137. The van der Waals surface area contributed by atoms with Crippen LogP contribution in [0.25, 0.3) is 0 Å². The number of amides is 2. The smallest absolute Gasteiger partial charge is 0.338 e. The zero-order valence-corrected chi connectivity index (χ0v) is 12.0. The van der Waals surface area contributed by atoms with Crippen molar-refractivity contribution in [3.05, 3.63) is 52.0 Å². The summed E-state index contributed by atoms with van der Waals surface area (Å²) in [7, 11) is 0. The van der Waals surface area contributed by atoms with Crippen LogP contribution in [0.5, 0.6) is 0 Å². The van der Waals surface area contributed by atoms with Crippen molar-refractivity contribution in [3.63, 3.8) is 0 Å². The molecule has 1 aromatic heterocycles. The predicted molar refractivity (Wildman–Crippen MR) is 76.4 cm³/mol. The summed E-state index contributed by atoms with van der Waals surface area (Å²) in [6.45, 7) is 0.299. The van der Waals surface area contributed by atoms with Crippen molar-refractivity contribution >= 4 is 23.1 Å². The second-order valence-electron chi connectivity index (χ2n) is 4.40. The zero-order valence-electron chi connectivity index (χ0n) is 11.2. The molecule has 2 aromatic rings. The van der Waals surface area contributed by atoms with Crippen molar-refractivity contribution < 1.29 is 22.4 Å². The highest BCUT2D eigenvalue weighted by Crippen LogP contribution is 2.31. The molecule has 0 aliphatic heterocycles. The van der Waals surface area contributed by atoms with Gasteiger partial charge in [-0.1, -0.05) is 6.07 Å². The maximum absolute atomic E-state index is 13.5. The topological polar surface area (TPSA) is 41.1 Å². The van der Waals surface area contributed by atoms with E-state index in [9.17, 15) is 22.4 Å². The molecule has 0 saturated heterocycles. The van der Waals surface area contributed by atoms with Crippen LogP contribution >= 0.6 is 11.3 Å². The third-order valence-corrected chi connectivity index (χ3v) is 3.72. The highest BCUT2D eigenvalue weighted by Gasteiger charge is 2.31. The second-order valence-corrected chi connectivity index (χ2v) is 5.43. The van der Waals surface area contributed by atoms with E-state index in [0.29, 0.717) is 31.2 Å². The fourth-order valence-corrected chi connectivity index (χ4v) is 2.43. The maximum Gasteiger partial charge on any atom is 0.416 e. The van der Waals surface area contributed by atoms with E-state index >= 15 is 0 Å². The van der Waals surface area contributed by atoms with Crippen LogP contribution in [-0.4, -0.2) is 12.6 Å². The molecule has 0 unspecified atom stereocenters. The number of anilines is 1. The molecule has 0 spiro atoms. The molecule has 2 amide bonds. The van der Waals surface area contributed by atoms with Crippen molar-refractivity contribution in [2.75, 3.05) is 11.9 Å². The van der Waals surface area contributed by atoms with E-state index in [1.807, 2.05) is 17.5 Å². The minimum atomic E-state index is -4.60. The van der Waals surface area contributed by atoms with Crippen LogP contribution in [-0.2, 0) is 12.6 Å². The van der Waals surface area contributed by atoms with Crippen molar-refractivity contribution in [1.82, 2.24) is 5.32 Å². The van der Waals surface area contributed by atoms with Gasteiger partial charge in [-0.15, -0.1) is 11.3 Å². The Morgan fingerprint density at radius 3 is 2.64 bits per heavy atom. The summed E-state index contributed by atoms with van der Waals surface area (Å²) >= 11 is 1.53. The van der Waals surface area contributed by atoms with E-state index < -0.39 is 29.3 Å². The van der Waals surface area contributed by atoms with Gasteiger partial charge in [-0.05, 0) is 36.1 Å². The number of thiophene rings is 1. The average Bonchev–Trinajstić information content (AvgIpc) is 2.93. The molecule has 0 fully saturated rings. The van der Waals surface area contributed by atoms with Crippen LogP contribution < -0.4 is 10.6 Å². The maximum atomic E-state index is 13.5. The Kier molecular flexibility index (Phi) is 5.02. The van der Waals surface area contributed by atoms with Gasteiger partial charge in [-0.25, -0.2) is 9.18 Å². The molecule has 2 N–H and O–H groups in total. The lowest BCUT2D eigenvalue weighted by Crippen LogP contribution is -2.30. The summed E-state index contributed by atoms with van der Waals surface area (Å²) in [5.41, 5.74) is -1.54. The van der Waals surface area contributed by atoms with Crippen LogP contribution in [0.1, 0.15) is 10.4 Å². The molecule has 0 bridgehead atoms. The summed E-state index contributed by atoms with van der Waals surface area (Å²) in [6.07, 6.45) is -4.00. The molecule has 0 aliphatic rings. The number of urea groups is 1. The van der Waals surface area contributed by atoms with Gasteiger partial charge >= 0.3 is 12.2 Å². The van der Waals surface area contributed by atoms with Crippen LogP contribution in [0.3, 0.4) is 0 Å². The summed E-state index contributed by atoms with van der Waals surface area (Å²) in [5, 5.41) is 6.44. The molecule has 118 valence electrons. The largest absolute Gasteiger partial charge is 0.416 e. The van der Waals surface area contributed by atoms with Crippen LogP contribution in [0.2, 0.25) is 0 Å². The minimum absolute atomic E-state index is 0.299. The Labute approximate surface area is 128 Å². The van der Waals surface area contributed by atoms with Gasteiger partial charge in [0.05, 0.1) is 11.3 Å². The second kappa shape index (κ2) is 6.78. The number of hydrogen-bond acceptors (Lipinski definition) is 2. The van der Waals surface area contributed by atoms with Crippen LogP contribution in [0.15, 0.2) is 35.7 Å². The van der Waals surface area contributed by atoms with Gasteiger partial charge in [0.15, 0.2) is 0 Å². The number of halogens is 4. The highest BCUT2D eigenvalue weighted by atomic mass is 32.1. The quantitative estimate of drug-likeness (QED) is 0.807. The number of carbonyl (C=O) groups is 1. The van der Waals surface area contributed by atoms with E-state index in [1.54, 1.807) is 0 Å². The van der Waals surface area contributed by atoms with Crippen molar-refractivity contribution in [2.45, 2.75) is 12.6 Å². The number of hydrogen-bond donors (Lipinski definition) is 2. The lowest BCUT2D eigenvalue weighted by Gasteiger charge is -2.11. The van der Waals surface area contributed by atoms with E-state index in [2.05, 4.69) is 10.6 Å². The summed E-state index contributed by atoms with van der Waals surface area (Å²) in [4.78, 5) is 12.6. The molecule has 22 heavy (non-hydrogen) atoms. The number of rotatable bonds is 4. The molecule has 0 radical (unpaired) electrons. The van der Waals surface area contributed by atoms with Crippen LogP contribution in [0.4, 0.5) is 28.0 Å². The first kappa shape index (κ1) is 16.3. The minimum Gasteiger partial charge on any atom is -0.338 e. The highest BCUT2D eigenvalue weighted by molar-refractivity contribution is 7.09. The molecule has 8 heteroatoms. The predicted octanol–water partition coefficient (Wildman–Crippen LogP) is 4.27. The Morgan fingerprint density at radius 2 is 2.00 bits per heavy atom. The standard InChI is InChI=1S/C14H12F4N2OS/c15-11-4-3-9(14(16,17)18)8-12(11)20-13(21)19-6-5-10-2-1-7-22-10/h1-4,7-8H,5-6H2,(H2,19,20,21). The summed E-state index contributed by atoms with van der Waals surface area (Å²) < 4.78 is 51.1. The van der Waals surface area contributed by atoms with Gasteiger partial charge in [0.2, 0.25) is 0 Å². The molecule has 0 aliphatic carbocycles. The van der Waals surface area contributed by atoms with Gasteiger partial charge in [-0.2, -0.15) is 13.2 Å². The molecule has 0 saturated carbocycles. The molecular formula is C14H12F4N2OS. The molecule has 1 aromatic carbocycles. The third-order valence-electron chi connectivity index (χ3n) is 2.78. The van der Waals surface area contributed by atoms with E-state index in [0.717, 1.165) is 4.88 Å². The normalized spacial score (nSPS) is 11.3. The van der Waals surface area contributed by atoms with E-state index in [1.165, 1.54) is 11.3 Å². The Hall–Kier alpha value is -2.09. The van der Waals surface area contributed by atoms with Gasteiger partial charge in [0.25, 0.3) is 0 Å². The number of benzene rings is 1. The molecule has 1 heterocycles. The number of carbonyl (C=O) groups excluding carboxylic acids is 1. The molecule has 0 atom stereocenters. The Morgan fingerprint density at radius 1 is 1.23 bits per heavy atom. The molecular weight excluding hydrogens is 320 g/mol. The van der Waals surface area contributed by atoms with E-state index in [-0.39, 0.29) is 0 Å². The molecule has 3 nitrogen and oxygen atoms in total. The zero-order chi connectivity index (χ0) is 16.2. The summed E-state index contributed by atoms with van der Waals surface area (Å²) in [6, 6.07) is 4.87. The SMILES string of the molecule is O=C(NCCc1cccs1)Nc1cc(C(F)(F)F)ccc1F. The number of nitrogens with one attached hydrogen (secondary N) is 2. The van der Waals surface area contributed by atoms with Gasteiger partial charge in [0.1, 0.15) is 5.82 Å². The van der Waals surface area contributed by atoms with Crippen LogP contribution in [0, 0.1) is 5.82 Å². The fraction of sp³-hybridized carbons (Fsp3) is 0.214. The van der Waals surface area contributed by atoms with E-state index in [4.69, 9.17) is 0 Å². The fourth-order valence-electron chi connectivity index (χ4n) is 1.72. The first-order chi connectivity index (χ1) is 10.4. The monoisotopic (exact) mass is 332 g/mol. The van der Waals surface area contributed by atoms with Crippen molar-refractivity contribution in [2.24, 2.45) is 0 Å². The third kappa shape index (κ3) is 4.45. The van der Waals surface area contributed by atoms with Gasteiger partial charge in [-0.3, -0.25) is 0 Å². The Balaban J connectivity index is 1.93.